The molecule has 1 fully saturated rings. The lowest BCUT2D eigenvalue weighted by molar-refractivity contribution is -0.0725. The highest BCUT2D eigenvalue weighted by Gasteiger charge is 2.34. The van der Waals surface area contributed by atoms with E-state index in [0.29, 0.717) is 0 Å². The summed E-state index contributed by atoms with van der Waals surface area (Å²) in [5.41, 5.74) is 0.781. The molecular weight excluding hydrogens is 330 g/mol. The van der Waals surface area contributed by atoms with Gasteiger partial charge in [0.05, 0.1) is 17.4 Å². The van der Waals surface area contributed by atoms with Crippen LogP contribution in [0.2, 0.25) is 0 Å². The van der Waals surface area contributed by atoms with Crippen LogP contribution in [0.4, 0.5) is 5.82 Å². The third kappa shape index (κ3) is 2.90. The van der Waals surface area contributed by atoms with Crippen molar-refractivity contribution in [3.63, 3.8) is 0 Å². The van der Waals surface area contributed by atoms with Crippen molar-refractivity contribution in [2.45, 2.75) is 32.5 Å². The van der Waals surface area contributed by atoms with Crippen LogP contribution in [0.5, 0.6) is 0 Å². The number of hydrogen-bond donors (Lipinski definition) is 0. The first-order valence-corrected chi connectivity index (χ1v) is 8.33. The number of morpholine rings is 1. The second-order valence-electron chi connectivity index (χ2n) is 6.19. The van der Waals surface area contributed by atoms with Gasteiger partial charge < -0.3 is 9.64 Å². The molecule has 21 heavy (non-hydrogen) atoms. The topological polar surface area (TPSA) is 38.2 Å². The third-order valence-electron chi connectivity index (χ3n) is 3.81. The number of nitrogens with zero attached hydrogens (tertiary/aromatic N) is 3. The number of benzene rings is 1. The van der Waals surface area contributed by atoms with Gasteiger partial charge >= 0.3 is 0 Å². The lowest BCUT2D eigenvalue weighted by Gasteiger charge is -2.43. The highest BCUT2D eigenvalue weighted by molar-refractivity contribution is 9.09. The van der Waals surface area contributed by atoms with Gasteiger partial charge in [-0.1, -0.05) is 40.2 Å². The van der Waals surface area contributed by atoms with Crippen LogP contribution in [-0.4, -0.2) is 40.3 Å². The Morgan fingerprint density at radius 2 is 2.00 bits per heavy atom. The van der Waals surface area contributed by atoms with Gasteiger partial charge in [0.2, 0.25) is 0 Å². The standard InChI is InChI=1S/C16H20BrN3O/c1-11-13-6-4-5-7-14(13)15(19-18-11)20-9-12(8-17)21-16(2,3)10-20/h4-7,12H,8-10H2,1-3H3. The van der Waals surface area contributed by atoms with Gasteiger partial charge in [-0.25, -0.2) is 0 Å². The Morgan fingerprint density at radius 1 is 1.29 bits per heavy atom. The number of aromatic nitrogens is 2. The molecule has 2 aromatic rings. The molecule has 0 spiro atoms. The molecule has 2 heterocycles. The molecule has 1 aliphatic heterocycles. The number of anilines is 1. The molecule has 1 aliphatic rings. The lowest BCUT2D eigenvalue weighted by atomic mass is 10.0. The molecule has 1 saturated heterocycles. The van der Waals surface area contributed by atoms with Crippen LogP contribution in [0.1, 0.15) is 19.5 Å². The van der Waals surface area contributed by atoms with Gasteiger partial charge in [0.1, 0.15) is 0 Å². The number of rotatable bonds is 2. The van der Waals surface area contributed by atoms with Crippen molar-refractivity contribution in [2.24, 2.45) is 0 Å². The summed E-state index contributed by atoms with van der Waals surface area (Å²) >= 11 is 3.54. The highest BCUT2D eigenvalue weighted by Crippen LogP contribution is 2.30. The highest BCUT2D eigenvalue weighted by atomic mass is 79.9. The minimum atomic E-state index is -0.190. The van der Waals surface area contributed by atoms with E-state index in [4.69, 9.17) is 4.74 Å². The number of alkyl halides is 1. The Hall–Kier alpha value is -1.20. The largest absolute Gasteiger partial charge is 0.368 e. The Kier molecular flexibility index (Phi) is 3.88. The molecule has 4 nitrogen and oxygen atoms in total. The molecule has 0 saturated carbocycles. The zero-order valence-corrected chi connectivity index (χ0v) is 14.2. The molecule has 0 amide bonds. The SMILES string of the molecule is Cc1nnc(N2CC(CBr)OC(C)(C)C2)c2ccccc12. The van der Waals surface area contributed by atoms with E-state index in [0.717, 1.165) is 35.3 Å². The van der Waals surface area contributed by atoms with Gasteiger partial charge in [-0.15, -0.1) is 5.10 Å². The fourth-order valence-corrected chi connectivity index (χ4v) is 3.33. The molecule has 1 aromatic heterocycles. The Morgan fingerprint density at radius 3 is 2.71 bits per heavy atom. The van der Waals surface area contributed by atoms with Crippen LogP contribution in [0.25, 0.3) is 10.8 Å². The Labute approximate surface area is 133 Å². The van der Waals surface area contributed by atoms with Crippen LogP contribution >= 0.6 is 15.9 Å². The average Bonchev–Trinajstić information content (AvgIpc) is 2.46. The molecule has 0 radical (unpaired) electrons. The molecular formula is C16H20BrN3O. The maximum Gasteiger partial charge on any atom is 0.159 e. The summed E-state index contributed by atoms with van der Waals surface area (Å²) in [6.45, 7) is 7.90. The van der Waals surface area contributed by atoms with Crippen molar-refractivity contribution in [2.75, 3.05) is 23.3 Å². The van der Waals surface area contributed by atoms with E-state index in [2.05, 4.69) is 63.1 Å². The summed E-state index contributed by atoms with van der Waals surface area (Å²) in [6.07, 6.45) is 0.163. The van der Waals surface area contributed by atoms with E-state index in [1.54, 1.807) is 0 Å². The van der Waals surface area contributed by atoms with Crippen LogP contribution in [-0.2, 0) is 4.74 Å². The van der Waals surface area contributed by atoms with Gasteiger partial charge in [-0.3, -0.25) is 0 Å². The summed E-state index contributed by atoms with van der Waals surface area (Å²) in [4.78, 5) is 2.30. The van der Waals surface area contributed by atoms with Gasteiger partial charge in [-0.05, 0) is 20.8 Å². The maximum atomic E-state index is 6.07. The van der Waals surface area contributed by atoms with Crippen molar-refractivity contribution in [1.82, 2.24) is 10.2 Å². The van der Waals surface area contributed by atoms with Crippen molar-refractivity contribution >= 4 is 32.5 Å². The molecule has 3 rings (SSSR count). The van der Waals surface area contributed by atoms with E-state index in [1.165, 1.54) is 5.39 Å². The number of fused-ring (bicyclic) bond motifs is 1. The maximum absolute atomic E-state index is 6.07. The lowest BCUT2D eigenvalue weighted by Crippen LogP contribution is -2.53. The monoisotopic (exact) mass is 349 g/mol. The van der Waals surface area contributed by atoms with Gasteiger partial charge in [-0.2, -0.15) is 5.10 Å². The van der Waals surface area contributed by atoms with Gasteiger partial charge in [0.25, 0.3) is 0 Å². The molecule has 0 N–H and O–H groups in total. The number of ether oxygens (including phenoxy) is 1. The van der Waals surface area contributed by atoms with Gasteiger partial charge in [0, 0.05) is 29.2 Å². The molecule has 5 heteroatoms. The normalized spacial score (nSPS) is 21.7. The quantitative estimate of drug-likeness (QED) is 0.779. The average molecular weight is 350 g/mol. The summed E-state index contributed by atoms with van der Waals surface area (Å²) in [7, 11) is 0. The first kappa shape index (κ1) is 14.7. The molecule has 1 unspecified atom stereocenters. The minimum absolute atomic E-state index is 0.163. The van der Waals surface area contributed by atoms with E-state index in [-0.39, 0.29) is 11.7 Å². The summed E-state index contributed by atoms with van der Waals surface area (Å²) in [5, 5.41) is 12.0. The second-order valence-corrected chi connectivity index (χ2v) is 6.84. The van der Waals surface area contributed by atoms with Crippen LogP contribution < -0.4 is 4.90 Å². The summed E-state index contributed by atoms with van der Waals surface area (Å²) in [6, 6.07) is 8.33. The van der Waals surface area contributed by atoms with Crippen LogP contribution in [0.3, 0.4) is 0 Å². The van der Waals surface area contributed by atoms with E-state index >= 15 is 0 Å². The van der Waals surface area contributed by atoms with Crippen LogP contribution in [0, 0.1) is 6.92 Å². The molecule has 1 aromatic carbocycles. The molecule has 0 aliphatic carbocycles. The van der Waals surface area contributed by atoms with E-state index in [9.17, 15) is 0 Å². The van der Waals surface area contributed by atoms with Crippen molar-refractivity contribution in [3.05, 3.63) is 30.0 Å². The second kappa shape index (κ2) is 5.54. The number of halogens is 1. The zero-order chi connectivity index (χ0) is 15.0. The fraction of sp³-hybridized carbons (Fsp3) is 0.500. The summed E-state index contributed by atoms with van der Waals surface area (Å²) < 4.78 is 6.07. The summed E-state index contributed by atoms with van der Waals surface area (Å²) in [5.74, 6) is 0.957. The van der Waals surface area contributed by atoms with Gasteiger partial charge in [0.15, 0.2) is 5.82 Å². The van der Waals surface area contributed by atoms with E-state index < -0.39 is 0 Å². The zero-order valence-electron chi connectivity index (χ0n) is 12.6. The molecule has 1 atom stereocenters. The number of aryl methyl sites for hydroxylation is 1. The predicted octanol–water partition coefficient (Wildman–Crippen LogP) is 3.32. The first-order valence-electron chi connectivity index (χ1n) is 7.21. The smallest absolute Gasteiger partial charge is 0.159 e. The Bertz CT molecular complexity index is 659. The third-order valence-corrected chi connectivity index (χ3v) is 4.53. The van der Waals surface area contributed by atoms with Crippen molar-refractivity contribution in [1.29, 1.82) is 0 Å². The Balaban J connectivity index is 2.05. The predicted molar refractivity (Wildman–Crippen MR) is 89.2 cm³/mol. The van der Waals surface area contributed by atoms with Crippen molar-refractivity contribution < 1.29 is 4.74 Å². The van der Waals surface area contributed by atoms with Crippen molar-refractivity contribution in [3.8, 4) is 0 Å². The number of hydrogen-bond acceptors (Lipinski definition) is 4. The molecule has 0 bridgehead atoms. The first-order chi connectivity index (χ1) is 10.00. The van der Waals surface area contributed by atoms with E-state index in [1.807, 2.05) is 13.0 Å². The fourth-order valence-electron chi connectivity index (χ4n) is 2.99. The molecule has 112 valence electrons. The minimum Gasteiger partial charge on any atom is -0.368 e. The van der Waals surface area contributed by atoms with Crippen LogP contribution in [0.15, 0.2) is 24.3 Å².